The zero-order valence-electron chi connectivity index (χ0n) is 17.9. The summed E-state index contributed by atoms with van der Waals surface area (Å²) in [6, 6.07) is 3.70. The SMILES string of the molecule is NC(/C=C\NCC(=O)N1CC2(COC2)C1)=N/c1ncc(C(=O)Nc2c(Br)ccc3[nH]ncc23)s1. The number of nitrogens with one attached hydrogen (secondary N) is 3. The Labute approximate surface area is 206 Å². The Kier molecular flexibility index (Phi) is 6.06. The minimum absolute atomic E-state index is 0.0333. The maximum absolute atomic E-state index is 12.7. The highest BCUT2D eigenvalue weighted by atomic mass is 79.9. The third-order valence-electron chi connectivity index (χ3n) is 5.60. The topological polar surface area (TPSA) is 151 Å². The number of amides is 2. The fourth-order valence-electron chi connectivity index (χ4n) is 3.78. The number of hydrogen-bond donors (Lipinski definition) is 4. The molecule has 0 aliphatic carbocycles. The summed E-state index contributed by atoms with van der Waals surface area (Å²) in [5.41, 5.74) is 7.55. The number of benzene rings is 1. The highest BCUT2D eigenvalue weighted by molar-refractivity contribution is 9.10. The van der Waals surface area contributed by atoms with Crippen molar-refractivity contribution in [1.82, 2.24) is 25.4 Å². The monoisotopic (exact) mass is 544 g/mol. The molecule has 11 nitrogen and oxygen atoms in total. The van der Waals surface area contributed by atoms with Crippen molar-refractivity contribution < 1.29 is 14.3 Å². The van der Waals surface area contributed by atoms with E-state index < -0.39 is 0 Å². The van der Waals surface area contributed by atoms with Gasteiger partial charge >= 0.3 is 0 Å². The fraction of sp³-hybridized carbons (Fsp3) is 0.286. The fourth-order valence-corrected chi connectivity index (χ4v) is 4.92. The minimum atomic E-state index is -0.316. The highest BCUT2D eigenvalue weighted by Crippen LogP contribution is 2.37. The summed E-state index contributed by atoms with van der Waals surface area (Å²) in [5, 5.41) is 13.8. The number of ether oxygens (including phenoxy) is 1. The van der Waals surface area contributed by atoms with E-state index in [1.165, 1.54) is 6.20 Å². The van der Waals surface area contributed by atoms with Crippen molar-refractivity contribution in [2.75, 3.05) is 38.2 Å². The molecule has 2 saturated heterocycles. The number of carbonyl (C=O) groups is 2. The normalized spacial score (nSPS) is 17.1. The average Bonchev–Trinajstić information content (AvgIpc) is 3.41. The third kappa shape index (κ3) is 4.54. The molecule has 13 heteroatoms. The summed E-state index contributed by atoms with van der Waals surface area (Å²) in [5.74, 6) is -0.0865. The van der Waals surface area contributed by atoms with Gasteiger partial charge in [-0.15, -0.1) is 0 Å². The maximum Gasteiger partial charge on any atom is 0.267 e. The predicted molar refractivity (Wildman–Crippen MR) is 132 cm³/mol. The molecule has 0 unspecified atom stereocenters. The summed E-state index contributed by atoms with van der Waals surface area (Å²) in [4.78, 5) is 35.4. The lowest BCUT2D eigenvalue weighted by molar-refractivity contribution is -0.194. The number of amidine groups is 1. The molecule has 5 rings (SSSR count). The first-order valence-electron chi connectivity index (χ1n) is 10.4. The number of carbonyl (C=O) groups excluding carboxylic acids is 2. The van der Waals surface area contributed by atoms with Gasteiger partial charge in [0.15, 0.2) is 0 Å². The number of hydrogen-bond acceptors (Lipinski definition) is 8. The average molecular weight is 545 g/mol. The van der Waals surface area contributed by atoms with E-state index in [0.29, 0.717) is 15.7 Å². The Morgan fingerprint density at radius 3 is 2.94 bits per heavy atom. The van der Waals surface area contributed by atoms with Gasteiger partial charge in [-0.25, -0.2) is 9.98 Å². The van der Waals surface area contributed by atoms with Crippen LogP contribution in [0.2, 0.25) is 0 Å². The number of anilines is 1. The zero-order chi connectivity index (χ0) is 23.7. The maximum atomic E-state index is 12.7. The van der Waals surface area contributed by atoms with E-state index in [-0.39, 0.29) is 29.6 Å². The van der Waals surface area contributed by atoms with E-state index in [1.807, 2.05) is 17.0 Å². The molecule has 5 N–H and O–H groups in total. The van der Waals surface area contributed by atoms with Crippen LogP contribution in [0.15, 0.2) is 46.3 Å². The molecule has 0 radical (unpaired) electrons. The van der Waals surface area contributed by atoms with E-state index in [9.17, 15) is 9.59 Å². The lowest BCUT2D eigenvalue weighted by atomic mass is 9.78. The van der Waals surface area contributed by atoms with Crippen LogP contribution in [0.3, 0.4) is 0 Å². The van der Waals surface area contributed by atoms with Gasteiger partial charge in [0.25, 0.3) is 5.91 Å². The van der Waals surface area contributed by atoms with Gasteiger partial charge in [0.05, 0.1) is 48.8 Å². The number of thiazole rings is 1. The van der Waals surface area contributed by atoms with Crippen molar-refractivity contribution in [3.63, 3.8) is 0 Å². The second kappa shape index (κ2) is 9.16. The predicted octanol–water partition coefficient (Wildman–Crippen LogP) is 1.98. The highest BCUT2D eigenvalue weighted by Gasteiger charge is 2.50. The van der Waals surface area contributed by atoms with Crippen molar-refractivity contribution >= 4 is 66.6 Å². The number of nitrogens with zero attached hydrogens (tertiary/aromatic N) is 4. The molecule has 1 aromatic carbocycles. The molecular formula is C21H21BrN8O3S. The summed E-state index contributed by atoms with van der Waals surface area (Å²) >= 11 is 4.57. The second-order valence-electron chi connectivity index (χ2n) is 8.21. The lowest BCUT2D eigenvalue weighted by Gasteiger charge is -2.54. The molecule has 0 saturated carbocycles. The van der Waals surface area contributed by atoms with Crippen molar-refractivity contribution in [3.05, 3.63) is 46.2 Å². The standard InChI is InChI=1S/C21H21BrN8O3S/c22-13-1-2-14-12(5-26-29-14)18(13)28-19(32)15-6-25-20(34-15)27-16(23)3-4-24-7-17(31)30-8-21(9-30)10-33-11-21/h1-6,24H,7-11H2,(H,26,29)(H,28,32)(H2,23,25,27)/b4-3-. The minimum Gasteiger partial charge on any atom is -0.384 e. The van der Waals surface area contributed by atoms with Gasteiger partial charge in [-0.2, -0.15) is 5.10 Å². The van der Waals surface area contributed by atoms with Crippen LogP contribution in [0.4, 0.5) is 10.8 Å². The molecule has 1 spiro atoms. The van der Waals surface area contributed by atoms with Crippen molar-refractivity contribution in [2.45, 2.75) is 0 Å². The van der Waals surface area contributed by atoms with E-state index in [0.717, 1.165) is 53.0 Å². The van der Waals surface area contributed by atoms with Gasteiger partial charge in [0, 0.05) is 29.1 Å². The largest absolute Gasteiger partial charge is 0.384 e. The number of nitrogens with two attached hydrogens (primary N) is 1. The summed E-state index contributed by atoms with van der Waals surface area (Å²) in [6.07, 6.45) is 6.21. The number of H-pyrrole nitrogens is 1. The number of likely N-dealkylation sites (tertiary alicyclic amines) is 1. The van der Waals surface area contributed by atoms with Crippen molar-refractivity contribution in [3.8, 4) is 0 Å². The first-order valence-corrected chi connectivity index (χ1v) is 12.0. The summed E-state index contributed by atoms with van der Waals surface area (Å²) < 4.78 is 5.96. The van der Waals surface area contributed by atoms with Crippen LogP contribution in [-0.2, 0) is 9.53 Å². The molecule has 176 valence electrons. The van der Waals surface area contributed by atoms with Gasteiger partial charge in [-0.05, 0) is 34.1 Å². The molecule has 0 atom stereocenters. The van der Waals surface area contributed by atoms with E-state index in [4.69, 9.17) is 10.5 Å². The summed E-state index contributed by atoms with van der Waals surface area (Å²) in [7, 11) is 0. The van der Waals surface area contributed by atoms with E-state index >= 15 is 0 Å². The zero-order valence-corrected chi connectivity index (χ0v) is 20.3. The molecule has 34 heavy (non-hydrogen) atoms. The van der Waals surface area contributed by atoms with Crippen LogP contribution in [-0.4, -0.2) is 70.6 Å². The summed E-state index contributed by atoms with van der Waals surface area (Å²) in [6.45, 7) is 3.19. The van der Waals surface area contributed by atoms with Crippen LogP contribution >= 0.6 is 27.3 Å². The first-order chi connectivity index (χ1) is 16.4. The number of aromatic nitrogens is 3. The van der Waals surface area contributed by atoms with Crippen LogP contribution in [0.5, 0.6) is 0 Å². The first kappa shape index (κ1) is 22.5. The molecule has 2 aliphatic rings. The van der Waals surface area contributed by atoms with Gasteiger partial charge in [-0.3, -0.25) is 14.7 Å². The lowest BCUT2D eigenvalue weighted by Crippen LogP contribution is -2.67. The van der Waals surface area contributed by atoms with Crippen molar-refractivity contribution in [2.24, 2.45) is 16.1 Å². The number of fused-ring (bicyclic) bond motifs is 1. The molecule has 0 bridgehead atoms. The molecule has 3 aromatic rings. The molecule has 2 fully saturated rings. The van der Waals surface area contributed by atoms with Gasteiger partial charge < -0.3 is 26.0 Å². The third-order valence-corrected chi connectivity index (χ3v) is 7.15. The van der Waals surface area contributed by atoms with Crippen LogP contribution in [0, 0.1) is 5.41 Å². The van der Waals surface area contributed by atoms with Crippen LogP contribution in [0.25, 0.3) is 10.9 Å². The van der Waals surface area contributed by atoms with Gasteiger partial charge in [0.2, 0.25) is 11.0 Å². The Morgan fingerprint density at radius 1 is 1.35 bits per heavy atom. The van der Waals surface area contributed by atoms with Gasteiger partial charge in [0.1, 0.15) is 10.7 Å². The Balaban J connectivity index is 1.13. The number of halogens is 1. The second-order valence-corrected chi connectivity index (χ2v) is 10.1. The molecule has 2 aromatic heterocycles. The van der Waals surface area contributed by atoms with Gasteiger partial charge in [-0.1, -0.05) is 11.3 Å². The van der Waals surface area contributed by atoms with Crippen LogP contribution in [0.1, 0.15) is 9.67 Å². The smallest absolute Gasteiger partial charge is 0.267 e. The van der Waals surface area contributed by atoms with Crippen LogP contribution < -0.4 is 16.4 Å². The molecule has 2 aliphatic heterocycles. The number of aromatic amines is 1. The number of rotatable bonds is 7. The number of aliphatic imine (C=N–C) groups is 1. The van der Waals surface area contributed by atoms with E-state index in [1.54, 1.807) is 18.5 Å². The van der Waals surface area contributed by atoms with E-state index in [2.05, 4.69) is 46.7 Å². The Hall–Kier alpha value is -3.29. The quantitative estimate of drug-likeness (QED) is 0.262. The Morgan fingerprint density at radius 2 is 2.18 bits per heavy atom. The molecular weight excluding hydrogens is 524 g/mol. The molecule has 2 amide bonds. The molecule has 4 heterocycles. The Bertz CT molecular complexity index is 1300. The van der Waals surface area contributed by atoms with Crippen molar-refractivity contribution in [1.29, 1.82) is 0 Å².